The smallest absolute Gasteiger partial charge is 0.238 e. The molecule has 4 unspecified atom stereocenters. The molecule has 4 amide bonds. The predicted octanol–water partition coefficient (Wildman–Crippen LogP) is 5.17. The molecule has 0 saturated carbocycles. The van der Waals surface area contributed by atoms with Gasteiger partial charge in [0.15, 0.2) is 0 Å². The number of benzene rings is 2. The average molecular weight is 497 g/mol. The molecule has 2 aromatic rings. The van der Waals surface area contributed by atoms with Crippen LogP contribution in [-0.2, 0) is 19.2 Å². The molecular weight excluding hydrogens is 468 g/mol. The summed E-state index contributed by atoms with van der Waals surface area (Å²) in [5, 5.41) is 0. The van der Waals surface area contributed by atoms with Gasteiger partial charge in [-0.3, -0.25) is 29.0 Å². The standard InChI is InChI=1S/C30H28N2O5/c1-17-3-13-23-25(15-17)29(35)31(27(23)33)19-5-9-21(10-6-19)37-22-11-7-20(8-12-22)32-28(34)24-14-4-18(2)16-26(24)30(32)36/h3-12,23-26H,13-16H2,1-2H3. The lowest BCUT2D eigenvalue weighted by Gasteiger charge is -2.18. The topological polar surface area (TPSA) is 84.0 Å². The number of imide groups is 2. The maximum atomic E-state index is 12.9. The van der Waals surface area contributed by atoms with Gasteiger partial charge in [0, 0.05) is 0 Å². The van der Waals surface area contributed by atoms with Crippen molar-refractivity contribution in [2.45, 2.75) is 39.5 Å². The van der Waals surface area contributed by atoms with Crippen molar-refractivity contribution in [3.8, 4) is 11.5 Å². The second-order valence-corrected chi connectivity index (χ2v) is 10.5. The summed E-state index contributed by atoms with van der Waals surface area (Å²) >= 11 is 0. The van der Waals surface area contributed by atoms with Crippen molar-refractivity contribution in [1.29, 1.82) is 0 Å². The van der Waals surface area contributed by atoms with Crippen LogP contribution in [0.2, 0.25) is 0 Å². The van der Waals surface area contributed by atoms with Crippen LogP contribution in [0.4, 0.5) is 11.4 Å². The molecule has 0 bridgehead atoms. The number of rotatable bonds is 4. The molecule has 6 rings (SSSR count). The zero-order valence-electron chi connectivity index (χ0n) is 20.8. The summed E-state index contributed by atoms with van der Waals surface area (Å²) in [6, 6.07) is 13.8. The third kappa shape index (κ3) is 3.89. The highest BCUT2D eigenvalue weighted by Crippen LogP contribution is 2.41. The molecule has 2 fully saturated rings. The summed E-state index contributed by atoms with van der Waals surface area (Å²) in [6.45, 7) is 4.00. The second kappa shape index (κ2) is 8.83. The van der Waals surface area contributed by atoms with Gasteiger partial charge in [0.2, 0.25) is 23.6 Å². The fraction of sp³-hybridized carbons (Fsp3) is 0.333. The van der Waals surface area contributed by atoms with Crippen LogP contribution in [-0.4, -0.2) is 23.6 Å². The van der Waals surface area contributed by atoms with Crippen molar-refractivity contribution in [2.24, 2.45) is 23.7 Å². The minimum Gasteiger partial charge on any atom is -0.457 e. The van der Waals surface area contributed by atoms with Crippen LogP contribution in [0.15, 0.2) is 71.8 Å². The highest BCUT2D eigenvalue weighted by molar-refractivity contribution is 6.23. The van der Waals surface area contributed by atoms with E-state index in [-0.39, 0.29) is 47.3 Å². The van der Waals surface area contributed by atoms with Crippen molar-refractivity contribution in [1.82, 2.24) is 0 Å². The van der Waals surface area contributed by atoms with Gasteiger partial charge in [0.1, 0.15) is 11.5 Å². The number of hydrogen-bond donors (Lipinski definition) is 0. The number of fused-ring (bicyclic) bond motifs is 2. The fourth-order valence-corrected chi connectivity index (χ4v) is 6.05. The molecule has 7 nitrogen and oxygen atoms in total. The lowest BCUT2D eigenvalue weighted by atomic mass is 9.82. The molecule has 0 aromatic heterocycles. The zero-order valence-corrected chi connectivity index (χ0v) is 20.8. The lowest BCUT2D eigenvalue weighted by Crippen LogP contribution is -2.30. The van der Waals surface area contributed by atoms with Crippen molar-refractivity contribution in [3.05, 3.63) is 71.8 Å². The molecule has 4 aliphatic rings. The molecule has 2 saturated heterocycles. The van der Waals surface area contributed by atoms with Crippen LogP contribution in [0.1, 0.15) is 39.5 Å². The molecule has 0 radical (unpaired) electrons. The van der Waals surface area contributed by atoms with Gasteiger partial charge in [-0.1, -0.05) is 23.3 Å². The van der Waals surface area contributed by atoms with Crippen LogP contribution >= 0.6 is 0 Å². The Morgan fingerprint density at radius 2 is 0.919 bits per heavy atom. The van der Waals surface area contributed by atoms with Crippen molar-refractivity contribution < 1.29 is 23.9 Å². The van der Waals surface area contributed by atoms with Crippen LogP contribution in [0, 0.1) is 23.7 Å². The van der Waals surface area contributed by atoms with E-state index in [1.165, 1.54) is 9.80 Å². The van der Waals surface area contributed by atoms with Crippen LogP contribution in [0.25, 0.3) is 0 Å². The van der Waals surface area contributed by atoms with E-state index in [2.05, 4.69) is 12.2 Å². The summed E-state index contributed by atoms with van der Waals surface area (Å²) in [5.74, 6) is -0.547. The number of hydrogen-bond acceptors (Lipinski definition) is 5. The van der Waals surface area contributed by atoms with E-state index in [1.807, 2.05) is 13.8 Å². The van der Waals surface area contributed by atoms with Crippen molar-refractivity contribution in [3.63, 3.8) is 0 Å². The highest BCUT2D eigenvalue weighted by atomic mass is 16.5. The van der Waals surface area contributed by atoms with Crippen LogP contribution < -0.4 is 14.5 Å². The van der Waals surface area contributed by atoms with E-state index in [1.54, 1.807) is 48.5 Å². The maximum Gasteiger partial charge on any atom is 0.238 e. The summed E-state index contributed by atoms with van der Waals surface area (Å²) in [4.78, 5) is 54.3. The molecule has 37 heavy (non-hydrogen) atoms. The molecular formula is C30H28N2O5. The first kappa shape index (κ1) is 23.4. The SMILES string of the molecule is CC1=CCC2C(=O)N(c3ccc(Oc4ccc(N5C(=O)C6CC=C(C)CC6C5=O)cc4)cc3)C(=O)C2C1. The zero-order chi connectivity index (χ0) is 25.8. The van der Waals surface area contributed by atoms with Crippen molar-refractivity contribution >= 4 is 35.0 Å². The van der Waals surface area contributed by atoms with Gasteiger partial charge < -0.3 is 4.74 Å². The molecule has 188 valence electrons. The summed E-state index contributed by atoms with van der Waals surface area (Å²) in [6.07, 6.45) is 6.60. The Morgan fingerprint density at radius 3 is 1.30 bits per heavy atom. The Hall–Kier alpha value is -4.00. The van der Waals surface area contributed by atoms with Gasteiger partial charge in [-0.05, 0) is 88.1 Å². The summed E-state index contributed by atoms with van der Waals surface area (Å²) < 4.78 is 5.94. The number of allylic oxidation sites excluding steroid dienone is 4. The van der Waals surface area contributed by atoms with Crippen molar-refractivity contribution in [2.75, 3.05) is 9.80 Å². The molecule has 0 N–H and O–H groups in total. The van der Waals surface area contributed by atoms with E-state index in [9.17, 15) is 19.2 Å². The molecule has 2 aliphatic carbocycles. The van der Waals surface area contributed by atoms with E-state index in [4.69, 9.17) is 4.74 Å². The maximum absolute atomic E-state index is 12.9. The van der Waals surface area contributed by atoms with Gasteiger partial charge in [0.05, 0.1) is 35.0 Å². The first-order valence-corrected chi connectivity index (χ1v) is 12.8. The molecule has 0 spiro atoms. The summed E-state index contributed by atoms with van der Waals surface area (Å²) in [5.41, 5.74) is 3.40. The highest BCUT2D eigenvalue weighted by Gasteiger charge is 2.49. The Labute approximate surface area is 215 Å². The third-order valence-corrected chi connectivity index (χ3v) is 8.07. The monoisotopic (exact) mass is 496 g/mol. The van der Waals surface area contributed by atoms with Gasteiger partial charge in [-0.2, -0.15) is 0 Å². The number of nitrogens with zero attached hydrogens (tertiary/aromatic N) is 2. The second-order valence-electron chi connectivity index (χ2n) is 10.5. The van der Waals surface area contributed by atoms with E-state index < -0.39 is 0 Å². The Kier molecular flexibility index (Phi) is 5.59. The molecule has 2 heterocycles. The average Bonchev–Trinajstić information content (AvgIpc) is 3.28. The van der Waals surface area contributed by atoms with Crippen LogP contribution in [0.5, 0.6) is 11.5 Å². The quantitative estimate of drug-likeness (QED) is 0.431. The molecule has 4 atom stereocenters. The predicted molar refractivity (Wildman–Crippen MR) is 138 cm³/mol. The van der Waals surface area contributed by atoms with Gasteiger partial charge >= 0.3 is 0 Å². The lowest BCUT2D eigenvalue weighted by molar-refractivity contribution is -0.124. The van der Waals surface area contributed by atoms with E-state index in [0.29, 0.717) is 48.6 Å². The van der Waals surface area contributed by atoms with Crippen LogP contribution in [0.3, 0.4) is 0 Å². The minimum absolute atomic E-state index is 0.136. The van der Waals surface area contributed by atoms with E-state index >= 15 is 0 Å². The normalized spacial score (nSPS) is 27.2. The number of carbonyl (C=O) groups excluding carboxylic acids is 4. The number of carbonyl (C=O) groups is 4. The Morgan fingerprint density at radius 1 is 0.568 bits per heavy atom. The number of anilines is 2. The molecule has 7 heteroatoms. The summed E-state index contributed by atoms with van der Waals surface area (Å²) in [7, 11) is 0. The van der Waals surface area contributed by atoms with E-state index in [0.717, 1.165) is 11.1 Å². The molecule has 2 aliphatic heterocycles. The van der Waals surface area contributed by atoms with Gasteiger partial charge in [0.25, 0.3) is 0 Å². The number of amides is 4. The van der Waals surface area contributed by atoms with Gasteiger partial charge in [-0.15, -0.1) is 0 Å². The molecule has 2 aromatic carbocycles. The Bertz CT molecular complexity index is 1270. The number of ether oxygens (including phenoxy) is 1. The first-order valence-electron chi connectivity index (χ1n) is 12.8. The first-order chi connectivity index (χ1) is 17.8. The van der Waals surface area contributed by atoms with Gasteiger partial charge in [-0.25, -0.2) is 0 Å². The largest absolute Gasteiger partial charge is 0.457 e. The fourth-order valence-electron chi connectivity index (χ4n) is 6.05. The minimum atomic E-state index is -0.274. The third-order valence-electron chi connectivity index (χ3n) is 8.07. The Balaban J connectivity index is 1.14.